The first kappa shape index (κ1) is 14.6. The molecule has 2 aromatic heterocycles. The second-order valence-electron chi connectivity index (χ2n) is 5.33. The van der Waals surface area contributed by atoms with E-state index in [1.54, 1.807) is 42.1 Å². The molecular weight excluding hydrogens is 376 g/mol. The van der Waals surface area contributed by atoms with E-state index in [0.29, 0.717) is 5.56 Å². The molecule has 0 atom stereocenters. The minimum atomic E-state index is 0.183. The highest BCUT2D eigenvalue weighted by Gasteiger charge is 2.20. The zero-order valence-corrected chi connectivity index (χ0v) is 14.5. The zero-order chi connectivity index (χ0) is 15.8. The van der Waals surface area contributed by atoms with E-state index in [1.807, 2.05) is 0 Å². The smallest absolute Gasteiger partial charge is 0.158 e. The van der Waals surface area contributed by atoms with Crippen LogP contribution in [0.2, 0.25) is 0 Å². The molecule has 5 nitrogen and oxygen atoms in total. The van der Waals surface area contributed by atoms with Crippen LogP contribution in [0.4, 0.5) is 5.82 Å². The Morgan fingerprint density at radius 2 is 2.22 bits per heavy atom. The molecule has 0 amide bonds. The molecule has 0 bridgehead atoms. The lowest BCUT2D eigenvalue weighted by molar-refractivity contribution is 0.474. The van der Waals surface area contributed by atoms with Crippen molar-refractivity contribution in [2.24, 2.45) is 5.10 Å². The van der Waals surface area contributed by atoms with Crippen LogP contribution < -0.4 is 5.43 Å². The standard InChI is InChI=1S/C16H13BrN4OS/c17-10-4-5-12(22)9(6-10)7-20-21-15-14-11-2-1-3-13(11)23-16(14)19-8-18-15/h4-8,22H,1-3H2,(H,18,19,21)/b20-7-. The van der Waals surface area contributed by atoms with Crippen LogP contribution in [0, 0.1) is 0 Å². The third-order valence-electron chi connectivity index (χ3n) is 3.87. The second kappa shape index (κ2) is 5.90. The molecule has 4 rings (SSSR count). The number of anilines is 1. The minimum Gasteiger partial charge on any atom is -0.507 e. The monoisotopic (exact) mass is 388 g/mol. The molecule has 7 heteroatoms. The van der Waals surface area contributed by atoms with Crippen molar-refractivity contribution in [1.82, 2.24) is 9.97 Å². The Bertz CT molecular complexity index is 922. The van der Waals surface area contributed by atoms with Crippen molar-refractivity contribution in [3.8, 4) is 5.75 Å². The lowest BCUT2D eigenvalue weighted by Gasteiger charge is -2.03. The molecule has 2 N–H and O–H groups in total. The first-order chi connectivity index (χ1) is 11.2. The molecule has 0 aliphatic heterocycles. The fourth-order valence-electron chi connectivity index (χ4n) is 2.81. The molecule has 0 spiro atoms. The van der Waals surface area contributed by atoms with Crippen molar-refractivity contribution in [3.05, 3.63) is 45.0 Å². The predicted molar refractivity (Wildman–Crippen MR) is 96.5 cm³/mol. The average molecular weight is 389 g/mol. The largest absolute Gasteiger partial charge is 0.507 e. The van der Waals surface area contributed by atoms with Crippen molar-refractivity contribution in [3.63, 3.8) is 0 Å². The summed E-state index contributed by atoms with van der Waals surface area (Å²) in [6.07, 6.45) is 6.54. The number of nitrogens with zero attached hydrogens (tertiary/aromatic N) is 3. The lowest BCUT2D eigenvalue weighted by Crippen LogP contribution is -1.96. The summed E-state index contributed by atoms with van der Waals surface area (Å²) in [6, 6.07) is 5.21. The maximum Gasteiger partial charge on any atom is 0.158 e. The van der Waals surface area contributed by atoms with Gasteiger partial charge in [-0.15, -0.1) is 11.3 Å². The maximum atomic E-state index is 9.83. The average Bonchev–Trinajstić information content (AvgIpc) is 3.11. The third kappa shape index (κ3) is 2.70. The number of benzene rings is 1. The lowest BCUT2D eigenvalue weighted by atomic mass is 10.2. The van der Waals surface area contributed by atoms with Crippen molar-refractivity contribution in [2.45, 2.75) is 19.3 Å². The van der Waals surface area contributed by atoms with Crippen molar-refractivity contribution < 1.29 is 5.11 Å². The number of aromatic nitrogens is 2. The summed E-state index contributed by atoms with van der Waals surface area (Å²) in [5.74, 6) is 0.906. The Morgan fingerprint density at radius 1 is 1.30 bits per heavy atom. The number of halogens is 1. The molecule has 116 valence electrons. The minimum absolute atomic E-state index is 0.183. The predicted octanol–water partition coefficient (Wildman–Crippen LogP) is 4.09. The highest BCUT2D eigenvalue weighted by molar-refractivity contribution is 9.10. The van der Waals surface area contributed by atoms with Crippen molar-refractivity contribution in [2.75, 3.05) is 5.43 Å². The number of fused-ring (bicyclic) bond motifs is 3. The van der Waals surface area contributed by atoms with Gasteiger partial charge in [-0.05, 0) is 43.0 Å². The molecule has 0 radical (unpaired) electrons. The molecule has 0 saturated carbocycles. The summed E-state index contributed by atoms with van der Waals surface area (Å²) in [6.45, 7) is 0. The summed E-state index contributed by atoms with van der Waals surface area (Å²) in [7, 11) is 0. The van der Waals surface area contributed by atoms with Crippen LogP contribution in [0.15, 0.2) is 34.1 Å². The van der Waals surface area contributed by atoms with Gasteiger partial charge in [-0.3, -0.25) is 5.43 Å². The van der Waals surface area contributed by atoms with E-state index in [2.05, 4.69) is 36.4 Å². The Labute approximate surface area is 145 Å². The van der Waals surface area contributed by atoms with Crippen LogP contribution in [0.1, 0.15) is 22.4 Å². The Hall–Kier alpha value is -1.99. The quantitative estimate of drug-likeness (QED) is 0.523. The number of thiophene rings is 1. The Balaban J connectivity index is 1.66. The van der Waals surface area contributed by atoms with Gasteiger partial charge in [-0.2, -0.15) is 5.10 Å². The van der Waals surface area contributed by atoms with Crippen LogP contribution in [0.25, 0.3) is 10.2 Å². The maximum absolute atomic E-state index is 9.83. The molecule has 1 aliphatic rings. The normalized spacial score (nSPS) is 13.8. The topological polar surface area (TPSA) is 70.4 Å². The van der Waals surface area contributed by atoms with Crippen molar-refractivity contribution >= 4 is 49.5 Å². The van der Waals surface area contributed by atoms with Crippen LogP contribution in [-0.2, 0) is 12.8 Å². The zero-order valence-electron chi connectivity index (χ0n) is 12.1. The number of hydrogen-bond donors (Lipinski definition) is 2. The van der Waals surface area contributed by atoms with E-state index >= 15 is 0 Å². The Kier molecular flexibility index (Phi) is 3.74. The van der Waals surface area contributed by atoms with Crippen LogP contribution in [0.3, 0.4) is 0 Å². The molecule has 3 aromatic rings. The number of aromatic hydroxyl groups is 1. The molecule has 2 heterocycles. The van der Waals surface area contributed by atoms with Gasteiger partial charge >= 0.3 is 0 Å². The van der Waals surface area contributed by atoms with Gasteiger partial charge in [-0.25, -0.2) is 9.97 Å². The van der Waals surface area contributed by atoms with E-state index in [-0.39, 0.29) is 5.75 Å². The Morgan fingerprint density at radius 3 is 3.13 bits per heavy atom. The molecule has 0 fully saturated rings. The number of nitrogens with one attached hydrogen (secondary N) is 1. The first-order valence-electron chi connectivity index (χ1n) is 7.25. The van der Waals surface area contributed by atoms with Crippen LogP contribution >= 0.6 is 27.3 Å². The SMILES string of the molecule is Oc1ccc(Br)cc1/C=N\Nc1ncnc2sc3c(c12)CCC3. The number of phenols is 1. The van der Waals surface area contributed by atoms with Gasteiger partial charge in [0.25, 0.3) is 0 Å². The third-order valence-corrected chi connectivity index (χ3v) is 5.56. The van der Waals surface area contributed by atoms with E-state index in [9.17, 15) is 5.11 Å². The highest BCUT2D eigenvalue weighted by Crippen LogP contribution is 2.38. The van der Waals surface area contributed by atoms with E-state index in [4.69, 9.17) is 0 Å². The number of aryl methyl sites for hydroxylation is 2. The fourth-order valence-corrected chi connectivity index (χ4v) is 4.41. The summed E-state index contributed by atoms with van der Waals surface area (Å²) in [4.78, 5) is 11.1. The summed E-state index contributed by atoms with van der Waals surface area (Å²) < 4.78 is 0.886. The van der Waals surface area contributed by atoms with E-state index in [0.717, 1.165) is 33.3 Å². The van der Waals surface area contributed by atoms with E-state index < -0.39 is 0 Å². The fraction of sp³-hybridized carbons (Fsp3) is 0.188. The van der Waals surface area contributed by atoms with Gasteiger partial charge in [0.2, 0.25) is 0 Å². The summed E-state index contributed by atoms with van der Waals surface area (Å²) in [5, 5.41) is 15.1. The van der Waals surface area contributed by atoms with Crippen LogP contribution in [-0.4, -0.2) is 21.3 Å². The van der Waals surface area contributed by atoms with Gasteiger partial charge in [0, 0.05) is 14.9 Å². The number of phenolic OH excluding ortho intramolecular Hbond substituents is 1. The van der Waals surface area contributed by atoms with Crippen molar-refractivity contribution in [1.29, 1.82) is 0 Å². The van der Waals surface area contributed by atoms with Gasteiger partial charge in [0.05, 0.1) is 11.6 Å². The number of hydrogen-bond acceptors (Lipinski definition) is 6. The second-order valence-corrected chi connectivity index (χ2v) is 7.33. The summed E-state index contributed by atoms with van der Waals surface area (Å²) >= 11 is 5.13. The molecular formula is C16H13BrN4OS. The number of hydrazone groups is 1. The molecule has 1 aliphatic carbocycles. The molecule has 0 unspecified atom stereocenters. The van der Waals surface area contributed by atoms with Gasteiger partial charge in [-0.1, -0.05) is 15.9 Å². The molecule has 1 aromatic carbocycles. The number of rotatable bonds is 3. The van der Waals surface area contributed by atoms with Gasteiger partial charge in [0.15, 0.2) is 5.82 Å². The first-order valence-corrected chi connectivity index (χ1v) is 8.86. The van der Waals surface area contributed by atoms with Gasteiger partial charge < -0.3 is 5.11 Å². The molecule has 0 saturated heterocycles. The molecule has 23 heavy (non-hydrogen) atoms. The highest BCUT2D eigenvalue weighted by atomic mass is 79.9. The van der Waals surface area contributed by atoms with E-state index in [1.165, 1.54) is 16.9 Å². The van der Waals surface area contributed by atoms with Crippen LogP contribution in [0.5, 0.6) is 5.75 Å². The van der Waals surface area contributed by atoms with Gasteiger partial charge in [0.1, 0.15) is 16.9 Å². The summed E-state index contributed by atoms with van der Waals surface area (Å²) in [5.41, 5.74) is 4.98.